The number of nitrogens with zero attached hydrogens (tertiary/aromatic N) is 1. The van der Waals surface area contributed by atoms with Crippen LogP contribution in [0.4, 0.5) is 4.39 Å². The maximum atomic E-state index is 13.0. The van der Waals surface area contributed by atoms with E-state index in [0.29, 0.717) is 6.04 Å². The summed E-state index contributed by atoms with van der Waals surface area (Å²) in [6.45, 7) is 7.07. The van der Waals surface area contributed by atoms with Crippen molar-refractivity contribution in [2.45, 2.75) is 31.3 Å². The average molecular weight is 338 g/mol. The van der Waals surface area contributed by atoms with Crippen molar-refractivity contribution in [1.29, 1.82) is 0 Å². The van der Waals surface area contributed by atoms with Crippen LogP contribution >= 0.6 is 11.8 Å². The topological polar surface area (TPSA) is 24.5 Å². The van der Waals surface area contributed by atoms with E-state index in [4.69, 9.17) is 4.74 Å². The van der Waals surface area contributed by atoms with Gasteiger partial charge in [-0.05, 0) is 43.2 Å². The minimum atomic E-state index is -0.163. The van der Waals surface area contributed by atoms with Gasteiger partial charge in [0.25, 0.3) is 0 Å². The van der Waals surface area contributed by atoms with Crippen LogP contribution in [0, 0.1) is 5.82 Å². The highest BCUT2D eigenvalue weighted by atomic mass is 32.2. The van der Waals surface area contributed by atoms with Crippen LogP contribution < -0.4 is 5.32 Å². The van der Waals surface area contributed by atoms with E-state index in [1.165, 1.54) is 23.5 Å². The molecular formula is C18H27FN2OS. The molecular weight excluding hydrogens is 311 g/mol. The van der Waals surface area contributed by atoms with Gasteiger partial charge < -0.3 is 10.1 Å². The fourth-order valence-electron chi connectivity index (χ4n) is 3.55. The van der Waals surface area contributed by atoms with Crippen LogP contribution in [-0.2, 0) is 11.2 Å². The molecule has 1 aromatic carbocycles. The second-order valence-corrected chi connectivity index (χ2v) is 7.84. The van der Waals surface area contributed by atoms with E-state index >= 15 is 0 Å². The predicted octanol–water partition coefficient (Wildman–Crippen LogP) is 2.55. The number of thioether (sulfide) groups is 1. The molecule has 2 fully saturated rings. The van der Waals surface area contributed by atoms with Crippen molar-refractivity contribution >= 4 is 11.8 Å². The fraction of sp³-hybridized carbons (Fsp3) is 0.667. The van der Waals surface area contributed by atoms with E-state index in [-0.39, 0.29) is 11.4 Å². The quantitative estimate of drug-likeness (QED) is 0.862. The first-order chi connectivity index (χ1) is 11.2. The van der Waals surface area contributed by atoms with Gasteiger partial charge in [0.05, 0.1) is 13.2 Å². The Kier molecular flexibility index (Phi) is 5.96. The molecule has 0 spiro atoms. The molecule has 0 saturated carbocycles. The van der Waals surface area contributed by atoms with Crippen LogP contribution in [0.15, 0.2) is 24.3 Å². The molecule has 0 aliphatic carbocycles. The van der Waals surface area contributed by atoms with Crippen LogP contribution in [0.1, 0.15) is 18.9 Å². The first-order valence-electron chi connectivity index (χ1n) is 8.56. The number of nitrogens with one attached hydrogen (secondary N) is 1. The Bertz CT molecular complexity index is 484. The van der Waals surface area contributed by atoms with E-state index in [1.807, 2.05) is 12.1 Å². The van der Waals surface area contributed by atoms with Gasteiger partial charge in [-0.3, -0.25) is 4.90 Å². The number of halogens is 1. The highest BCUT2D eigenvalue weighted by Gasteiger charge is 2.40. The van der Waals surface area contributed by atoms with E-state index < -0.39 is 0 Å². The Balaban J connectivity index is 1.54. The molecule has 0 unspecified atom stereocenters. The van der Waals surface area contributed by atoms with Gasteiger partial charge in [-0.15, -0.1) is 0 Å². The molecule has 0 amide bonds. The van der Waals surface area contributed by atoms with E-state index in [2.05, 4.69) is 28.9 Å². The van der Waals surface area contributed by atoms with Gasteiger partial charge in [0.1, 0.15) is 5.82 Å². The molecule has 5 heteroatoms. The Morgan fingerprint density at radius 1 is 1.30 bits per heavy atom. The third-order valence-corrected chi connectivity index (χ3v) is 6.23. The number of morpholine rings is 1. The SMILES string of the molecule is C[C@@H](Cc1ccc(F)cc1)NC[C@]1(N2CCOCC2)CCSC1. The largest absolute Gasteiger partial charge is 0.379 e. The Hall–Kier alpha value is -0.620. The molecule has 3 nitrogen and oxygen atoms in total. The maximum Gasteiger partial charge on any atom is 0.123 e. The van der Waals surface area contributed by atoms with E-state index in [0.717, 1.165) is 39.3 Å². The van der Waals surface area contributed by atoms with Crippen molar-refractivity contribution in [3.05, 3.63) is 35.6 Å². The van der Waals surface area contributed by atoms with Crippen molar-refractivity contribution in [2.24, 2.45) is 0 Å². The second-order valence-electron chi connectivity index (χ2n) is 6.74. The lowest BCUT2D eigenvalue weighted by molar-refractivity contribution is -0.0139. The second kappa shape index (κ2) is 7.97. The molecule has 0 aromatic heterocycles. The van der Waals surface area contributed by atoms with Gasteiger partial charge in [0.2, 0.25) is 0 Å². The van der Waals surface area contributed by atoms with Gasteiger partial charge in [-0.2, -0.15) is 11.8 Å². The number of benzene rings is 1. The van der Waals surface area contributed by atoms with Crippen molar-refractivity contribution in [3.8, 4) is 0 Å². The number of hydrogen-bond acceptors (Lipinski definition) is 4. The molecule has 1 N–H and O–H groups in total. The molecule has 0 radical (unpaired) electrons. The summed E-state index contributed by atoms with van der Waals surface area (Å²) in [5, 5.41) is 3.74. The lowest BCUT2D eigenvalue weighted by atomic mass is 9.94. The van der Waals surface area contributed by atoms with Crippen LogP contribution in [0.3, 0.4) is 0 Å². The number of hydrogen-bond donors (Lipinski definition) is 1. The molecule has 1 aromatic rings. The smallest absolute Gasteiger partial charge is 0.123 e. The molecule has 0 bridgehead atoms. The van der Waals surface area contributed by atoms with Crippen molar-refractivity contribution in [2.75, 3.05) is 44.4 Å². The van der Waals surface area contributed by atoms with Gasteiger partial charge in [-0.1, -0.05) is 12.1 Å². The summed E-state index contributed by atoms with van der Waals surface area (Å²) in [6, 6.07) is 7.26. The first-order valence-corrected chi connectivity index (χ1v) is 9.72. The number of rotatable bonds is 6. The van der Waals surface area contributed by atoms with Crippen LogP contribution in [-0.4, -0.2) is 60.8 Å². The third kappa shape index (κ3) is 4.47. The van der Waals surface area contributed by atoms with Gasteiger partial charge in [0.15, 0.2) is 0 Å². The van der Waals surface area contributed by atoms with Crippen LogP contribution in [0.5, 0.6) is 0 Å². The molecule has 23 heavy (non-hydrogen) atoms. The molecule has 2 saturated heterocycles. The highest BCUT2D eigenvalue weighted by molar-refractivity contribution is 7.99. The Morgan fingerprint density at radius 2 is 2.04 bits per heavy atom. The van der Waals surface area contributed by atoms with Crippen molar-refractivity contribution in [3.63, 3.8) is 0 Å². The zero-order chi connectivity index (χ0) is 16.1. The summed E-state index contributed by atoms with van der Waals surface area (Å²) in [5.41, 5.74) is 1.47. The Labute approximate surface area is 143 Å². The standard InChI is InChI=1S/C18H27FN2OS/c1-15(12-16-2-4-17(19)5-3-16)20-13-18(6-11-23-14-18)21-7-9-22-10-8-21/h2-5,15,20H,6-14H2,1H3/t15-,18+/m0/s1. The zero-order valence-electron chi connectivity index (χ0n) is 13.9. The van der Waals surface area contributed by atoms with Gasteiger partial charge in [0, 0.05) is 37.0 Å². The molecule has 3 rings (SSSR count). The normalized spacial score (nSPS) is 27.2. The maximum absolute atomic E-state index is 13.0. The fourth-order valence-corrected chi connectivity index (χ4v) is 5.02. The molecule has 2 heterocycles. The van der Waals surface area contributed by atoms with Crippen molar-refractivity contribution < 1.29 is 9.13 Å². The molecule has 2 atom stereocenters. The highest BCUT2D eigenvalue weighted by Crippen LogP contribution is 2.33. The monoisotopic (exact) mass is 338 g/mol. The molecule has 2 aliphatic heterocycles. The lowest BCUT2D eigenvalue weighted by Crippen LogP contribution is -2.59. The van der Waals surface area contributed by atoms with Gasteiger partial charge in [-0.25, -0.2) is 4.39 Å². The summed E-state index contributed by atoms with van der Waals surface area (Å²) < 4.78 is 18.5. The summed E-state index contributed by atoms with van der Waals surface area (Å²) in [6.07, 6.45) is 2.19. The summed E-state index contributed by atoms with van der Waals surface area (Å²) in [4.78, 5) is 2.63. The first kappa shape index (κ1) is 17.2. The Morgan fingerprint density at radius 3 is 2.70 bits per heavy atom. The van der Waals surface area contributed by atoms with Crippen LogP contribution in [0.25, 0.3) is 0 Å². The van der Waals surface area contributed by atoms with E-state index in [1.54, 1.807) is 12.1 Å². The summed E-state index contributed by atoms with van der Waals surface area (Å²) >= 11 is 2.07. The minimum absolute atomic E-state index is 0.163. The van der Waals surface area contributed by atoms with Crippen LogP contribution in [0.2, 0.25) is 0 Å². The molecule has 2 aliphatic rings. The van der Waals surface area contributed by atoms with Gasteiger partial charge >= 0.3 is 0 Å². The lowest BCUT2D eigenvalue weighted by Gasteiger charge is -2.43. The molecule has 128 valence electrons. The average Bonchev–Trinajstić information content (AvgIpc) is 3.06. The summed E-state index contributed by atoms with van der Waals surface area (Å²) in [5.74, 6) is 2.30. The van der Waals surface area contributed by atoms with E-state index in [9.17, 15) is 4.39 Å². The van der Waals surface area contributed by atoms with Crippen molar-refractivity contribution in [1.82, 2.24) is 10.2 Å². The summed E-state index contributed by atoms with van der Waals surface area (Å²) in [7, 11) is 0. The number of ether oxygens (including phenoxy) is 1. The zero-order valence-corrected chi connectivity index (χ0v) is 14.7. The minimum Gasteiger partial charge on any atom is -0.379 e. The predicted molar refractivity (Wildman–Crippen MR) is 94.6 cm³/mol. The third-order valence-electron chi connectivity index (χ3n) is 5.00.